The lowest BCUT2D eigenvalue weighted by molar-refractivity contribution is 0.0998. The Morgan fingerprint density at radius 3 is 2.31 bits per heavy atom. The molecule has 13 heavy (non-hydrogen) atoms. The summed E-state index contributed by atoms with van der Waals surface area (Å²) in [5.41, 5.74) is 2.91. The number of hydrogen-bond donors (Lipinski definition) is 0. The molecule has 0 aliphatic heterocycles. The molecule has 0 spiro atoms. The van der Waals surface area contributed by atoms with Gasteiger partial charge in [0.2, 0.25) is 0 Å². The van der Waals surface area contributed by atoms with Crippen LogP contribution in [-0.2, 0) is 0 Å². The van der Waals surface area contributed by atoms with Gasteiger partial charge in [0, 0.05) is 5.56 Å². The summed E-state index contributed by atoms with van der Waals surface area (Å²) < 4.78 is 0. The van der Waals surface area contributed by atoms with Gasteiger partial charge in [-0.1, -0.05) is 23.1 Å². The summed E-state index contributed by atoms with van der Waals surface area (Å²) in [5.74, 6) is 2.38. The van der Waals surface area contributed by atoms with Gasteiger partial charge in [-0.2, -0.15) is 0 Å². The Bertz CT molecular complexity index is 349. The Balaban J connectivity index is 3.02. The van der Waals surface area contributed by atoms with Crippen molar-refractivity contribution in [1.82, 2.24) is 0 Å². The van der Waals surface area contributed by atoms with Crippen molar-refractivity contribution in [3.05, 3.63) is 34.9 Å². The molecule has 1 rings (SSSR count). The van der Waals surface area contributed by atoms with Crippen LogP contribution in [-0.4, -0.2) is 5.78 Å². The molecular formula is C12H12O. The van der Waals surface area contributed by atoms with Crippen molar-refractivity contribution in [2.75, 3.05) is 0 Å². The summed E-state index contributed by atoms with van der Waals surface area (Å²) >= 11 is 0. The maximum Gasteiger partial charge on any atom is 0.174 e. The van der Waals surface area contributed by atoms with Crippen molar-refractivity contribution in [2.45, 2.75) is 20.3 Å². The minimum absolute atomic E-state index is 0.0225. The quantitative estimate of drug-likeness (QED) is 0.495. The summed E-state index contributed by atoms with van der Waals surface area (Å²) in [6.07, 6.45) is 5.26. The first-order chi connectivity index (χ1) is 6.13. The molecule has 1 nitrogen and oxygen atoms in total. The van der Waals surface area contributed by atoms with E-state index in [0.717, 1.165) is 16.7 Å². The number of rotatable bonds is 2. The Labute approximate surface area is 78.8 Å². The second-order valence-corrected chi connectivity index (χ2v) is 3.18. The minimum atomic E-state index is 0.0225. The Morgan fingerprint density at radius 2 is 1.85 bits per heavy atom. The lowest BCUT2D eigenvalue weighted by Gasteiger charge is -2.01. The first-order valence-electron chi connectivity index (χ1n) is 4.18. The third-order valence-electron chi connectivity index (χ3n) is 1.81. The fraction of sp³-hybridized carbons (Fsp3) is 0.250. The van der Waals surface area contributed by atoms with Crippen molar-refractivity contribution in [1.29, 1.82) is 0 Å². The highest BCUT2D eigenvalue weighted by atomic mass is 16.1. The number of ketones is 1. The molecule has 1 aromatic rings. The Hall–Kier alpha value is -1.55. The Kier molecular flexibility index (Phi) is 2.87. The molecule has 0 heterocycles. The first kappa shape index (κ1) is 9.54. The summed E-state index contributed by atoms with van der Waals surface area (Å²) in [6, 6.07) is 5.77. The van der Waals surface area contributed by atoms with E-state index in [1.54, 1.807) is 0 Å². The molecule has 0 fully saturated rings. The summed E-state index contributed by atoms with van der Waals surface area (Å²) in [7, 11) is 0. The van der Waals surface area contributed by atoms with Crippen LogP contribution >= 0.6 is 0 Å². The third kappa shape index (κ3) is 2.45. The van der Waals surface area contributed by atoms with E-state index in [1.807, 2.05) is 32.0 Å². The monoisotopic (exact) mass is 172 g/mol. The highest BCUT2D eigenvalue weighted by Crippen LogP contribution is 2.10. The van der Waals surface area contributed by atoms with Crippen molar-refractivity contribution in [3.63, 3.8) is 0 Å². The van der Waals surface area contributed by atoms with Gasteiger partial charge in [-0.15, -0.1) is 6.42 Å². The van der Waals surface area contributed by atoms with Crippen LogP contribution in [0.4, 0.5) is 0 Å². The van der Waals surface area contributed by atoms with Crippen molar-refractivity contribution < 1.29 is 4.79 Å². The lowest BCUT2D eigenvalue weighted by Crippen LogP contribution is -1.98. The maximum atomic E-state index is 11.4. The van der Waals surface area contributed by atoms with Gasteiger partial charge in [0.05, 0.1) is 6.42 Å². The van der Waals surface area contributed by atoms with Gasteiger partial charge >= 0.3 is 0 Å². The molecule has 0 unspecified atom stereocenters. The van der Waals surface area contributed by atoms with Gasteiger partial charge in [-0.05, 0) is 26.0 Å². The van der Waals surface area contributed by atoms with E-state index in [4.69, 9.17) is 6.42 Å². The second kappa shape index (κ2) is 3.91. The van der Waals surface area contributed by atoms with Gasteiger partial charge in [0.25, 0.3) is 0 Å². The van der Waals surface area contributed by atoms with Crippen LogP contribution in [0.15, 0.2) is 18.2 Å². The molecule has 0 N–H and O–H groups in total. The van der Waals surface area contributed by atoms with E-state index in [9.17, 15) is 4.79 Å². The molecule has 1 aromatic carbocycles. The van der Waals surface area contributed by atoms with E-state index in [2.05, 4.69) is 5.92 Å². The predicted molar refractivity (Wildman–Crippen MR) is 53.7 cm³/mol. The third-order valence-corrected chi connectivity index (χ3v) is 1.81. The fourth-order valence-corrected chi connectivity index (χ4v) is 1.33. The van der Waals surface area contributed by atoms with Crippen molar-refractivity contribution >= 4 is 5.78 Å². The highest BCUT2D eigenvalue weighted by Gasteiger charge is 2.04. The zero-order chi connectivity index (χ0) is 9.84. The van der Waals surface area contributed by atoms with E-state index < -0.39 is 0 Å². The summed E-state index contributed by atoms with van der Waals surface area (Å²) in [6.45, 7) is 3.94. The molecule has 0 bridgehead atoms. The topological polar surface area (TPSA) is 17.1 Å². The van der Waals surface area contributed by atoms with Gasteiger partial charge in [0.15, 0.2) is 5.78 Å². The average molecular weight is 172 g/mol. The van der Waals surface area contributed by atoms with Crippen molar-refractivity contribution in [2.24, 2.45) is 0 Å². The van der Waals surface area contributed by atoms with E-state index in [1.165, 1.54) is 0 Å². The molecule has 0 aliphatic rings. The number of hydrogen-bond acceptors (Lipinski definition) is 1. The molecule has 0 aromatic heterocycles. The van der Waals surface area contributed by atoms with Gasteiger partial charge in [0.1, 0.15) is 0 Å². The zero-order valence-electron chi connectivity index (χ0n) is 7.92. The van der Waals surface area contributed by atoms with Gasteiger partial charge in [-0.3, -0.25) is 4.79 Å². The minimum Gasteiger partial charge on any atom is -0.293 e. The number of terminal acetylenes is 1. The van der Waals surface area contributed by atoms with Crippen LogP contribution < -0.4 is 0 Å². The molecule has 0 atom stereocenters. The maximum absolute atomic E-state index is 11.4. The zero-order valence-corrected chi connectivity index (χ0v) is 7.92. The smallest absolute Gasteiger partial charge is 0.174 e. The van der Waals surface area contributed by atoms with E-state index in [0.29, 0.717) is 0 Å². The van der Waals surface area contributed by atoms with Crippen LogP contribution in [0.3, 0.4) is 0 Å². The van der Waals surface area contributed by atoms with E-state index >= 15 is 0 Å². The number of carbonyl (C=O) groups excluding carboxylic acids is 1. The second-order valence-electron chi connectivity index (χ2n) is 3.18. The van der Waals surface area contributed by atoms with Crippen LogP contribution in [0.1, 0.15) is 27.9 Å². The lowest BCUT2D eigenvalue weighted by atomic mass is 10.0. The number of benzene rings is 1. The fourth-order valence-electron chi connectivity index (χ4n) is 1.33. The SMILES string of the molecule is C#CCC(=O)c1cc(C)cc(C)c1. The van der Waals surface area contributed by atoms with Crippen LogP contribution in [0.5, 0.6) is 0 Å². The van der Waals surface area contributed by atoms with Crippen LogP contribution in [0.25, 0.3) is 0 Å². The average Bonchev–Trinajstić information content (AvgIpc) is 2.03. The molecule has 0 amide bonds. The number of Topliss-reactive ketones (excluding diaryl/α,β-unsaturated/α-hetero) is 1. The van der Waals surface area contributed by atoms with Crippen molar-refractivity contribution in [3.8, 4) is 12.3 Å². The molecule has 0 aliphatic carbocycles. The van der Waals surface area contributed by atoms with Gasteiger partial charge in [-0.25, -0.2) is 0 Å². The standard InChI is InChI=1S/C12H12O/c1-4-5-12(13)11-7-9(2)6-10(3)8-11/h1,6-8H,5H2,2-3H3. The summed E-state index contributed by atoms with van der Waals surface area (Å²) in [5, 5.41) is 0. The highest BCUT2D eigenvalue weighted by molar-refractivity contribution is 5.97. The normalized spacial score (nSPS) is 9.31. The number of carbonyl (C=O) groups is 1. The van der Waals surface area contributed by atoms with Crippen LogP contribution in [0.2, 0.25) is 0 Å². The molecule has 66 valence electrons. The van der Waals surface area contributed by atoms with E-state index in [-0.39, 0.29) is 12.2 Å². The predicted octanol–water partition coefficient (Wildman–Crippen LogP) is 2.51. The van der Waals surface area contributed by atoms with Crippen LogP contribution in [0, 0.1) is 26.2 Å². The Morgan fingerprint density at radius 1 is 1.31 bits per heavy atom. The molecule has 0 radical (unpaired) electrons. The summed E-state index contributed by atoms with van der Waals surface area (Å²) in [4.78, 5) is 11.4. The molecule has 0 saturated heterocycles. The molecule has 1 heteroatoms. The largest absolute Gasteiger partial charge is 0.293 e. The first-order valence-corrected chi connectivity index (χ1v) is 4.18. The number of aryl methyl sites for hydroxylation is 2. The molecular weight excluding hydrogens is 160 g/mol. The van der Waals surface area contributed by atoms with Gasteiger partial charge < -0.3 is 0 Å². The molecule has 0 saturated carbocycles.